The number of hydrogen-bond acceptors (Lipinski definition) is 4. The minimum Gasteiger partial charge on any atom is -0.465 e. The highest BCUT2D eigenvalue weighted by Crippen LogP contribution is 2.16. The van der Waals surface area contributed by atoms with Gasteiger partial charge in [0.1, 0.15) is 6.07 Å². The lowest BCUT2D eigenvalue weighted by Gasteiger charge is -2.09. The van der Waals surface area contributed by atoms with Gasteiger partial charge in [0.15, 0.2) is 0 Å². The maximum atomic E-state index is 12.1. The number of esters is 1. The van der Waals surface area contributed by atoms with E-state index in [1.54, 1.807) is 35.0 Å². The molecule has 0 radical (unpaired) electrons. The molecule has 1 N–H and O–H groups in total. The van der Waals surface area contributed by atoms with Gasteiger partial charge in [-0.15, -0.1) is 0 Å². The van der Waals surface area contributed by atoms with Crippen molar-refractivity contribution in [1.82, 2.24) is 9.55 Å². The van der Waals surface area contributed by atoms with E-state index in [2.05, 4.69) is 4.98 Å². The number of fused-ring (bicyclic) bond motifs is 1. The molecule has 6 nitrogen and oxygen atoms in total. The van der Waals surface area contributed by atoms with Crippen molar-refractivity contribution in [1.29, 1.82) is 5.26 Å². The van der Waals surface area contributed by atoms with Gasteiger partial charge in [-0.2, -0.15) is 5.26 Å². The van der Waals surface area contributed by atoms with E-state index in [0.29, 0.717) is 6.54 Å². The smallest absolute Gasteiger partial charge is 0.339 e. The first-order valence-electron chi connectivity index (χ1n) is 6.92. The molecule has 0 saturated heterocycles. The summed E-state index contributed by atoms with van der Waals surface area (Å²) in [6.45, 7) is 0.295. The Morgan fingerprint density at radius 3 is 2.87 bits per heavy atom. The Morgan fingerprint density at radius 2 is 2.13 bits per heavy atom. The number of H-pyrrole nitrogens is 1. The molecule has 0 bridgehead atoms. The quantitative estimate of drug-likeness (QED) is 0.750. The summed E-state index contributed by atoms with van der Waals surface area (Å²) in [5.41, 5.74) is 2.67. The first-order chi connectivity index (χ1) is 11.1. The van der Waals surface area contributed by atoms with Crippen LogP contribution in [-0.2, 0) is 11.3 Å². The molecular formula is C17H13N3O3. The summed E-state index contributed by atoms with van der Waals surface area (Å²) in [4.78, 5) is 27.0. The van der Waals surface area contributed by atoms with Crippen LogP contribution >= 0.6 is 0 Å². The molecule has 3 aromatic rings. The summed E-state index contributed by atoms with van der Waals surface area (Å²) in [5.74, 6) is -0.574. The van der Waals surface area contributed by atoms with Crippen LogP contribution in [0.25, 0.3) is 11.0 Å². The van der Waals surface area contributed by atoms with Gasteiger partial charge in [0.25, 0.3) is 5.56 Å². The monoisotopic (exact) mass is 307 g/mol. The summed E-state index contributed by atoms with van der Waals surface area (Å²) in [6, 6.07) is 11.9. The predicted octanol–water partition coefficient (Wildman–Crippen LogP) is 2.04. The fourth-order valence-electron chi connectivity index (χ4n) is 2.52. The molecule has 0 unspecified atom stereocenters. The Morgan fingerprint density at radius 1 is 1.30 bits per heavy atom. The zero-order chi connectivity index (χ0) is 16.4. The molecule has 1 aromatic carbocycles. The molecule has 114 valence electrons. The number of carbonyl (C=O) groups is 1. The molecule has 0 aliphatic carbocycles. The molecular weight excluding hydrogens is 294 g/mol. The van der Waals surface area contributed by atoms with E-state index in [-0.39, 0.29) is 16.7 Å². The second-order valence-corrected chi connectivity index (χ2v) is 5.02. The number of nitriles is 1. The normalized spacial score (nSPS) is 10.4. The first kappa shape index (κ1) is 14.6. The lowest BCUT2D eigenvalue weighted by molar-refractivity contribution is 0.0600. The molecule has 0 amide bonds. The number of benzene rings is 1. The number of ether oxygens (including phenoxy) is 1. The highest BCUT2D eigenvalue weighted by atomic mass is 16.5. The SMILES string of the molecule is COC(=O)c1cc(Cn2c(=O)ccc3[nH]ccc32)ccc1C#N. The van der Waals surface area contributed by atoms with Crippen molar-refractivity contribution in [3.63, 3.8) is 0 Å². The fraction of sp³-hybridized carbons (Fsp3) is 0.118. The zero-order valence-corrected chi connectivity index (χ0v) is 12.4. The summed E-state index contributed by atoms with van der Waals surface area (Å²) >= 11 is 0. The number of nitrogens with one attached hydrogen (secondary N) is 1. The summed E-state index contributed by atoms with van der Waals surface area (Å²) in [5, 5.41) is 9.08. The van der Waals surface area contributed by atoms with E-state index in [1.807, 2.05) is 12.1 Å². The number of hydrogen-bond donors (Lipinski definition) is 1. The molecule has 2 aromatic heterocycles. The summed E-state index contributed by atoms with van der Waals surface area (Å²) < 4.78 is 6.31. The highest BCUT2D eigenvalue weighted by Gasteiger charge is 2.13. The number of nitrogens with zero attached hydrogens (tertiary/aromatic N) is 2. The Kier molecular flexibility index (Phi) is 3.69. The van der Waals surface area contributed by atoms with Crippen molar-refractivity contribution in [2.75, 3.05) is 7.11 Å². The van der Waals surface area contributed by atoms with E-state index < -0.39 is 5.97 Å². The number of pyridine rings is 1. The Balaban J connectivity index is 2.08. The third-order valence-corrected chi connectivity index (χ3v) is 3.66. The van der Waals surface area contributed by atoms with Crippen molar-refractivity contribution in [3.8, 4) is 6.07 Å². The molecule has 0 fully saturated rings. The van der Waals surface area contributed by atoms with Crippen LogP contribution in [0.5, 0.6) is 0 Å². The average Bonchev–Trinajstić information content (AvgIpc) is 3.05. The van der Waals surface area contributed by atoms with Gasteiger partial charge in [-0.05, 0) is 29.8 Å². The molecule has 0 aliphatic rings. The van der Waals surface area contributed by atoms with Crippen LogP contribution in [0, 0.1) is 11.3 Å². The van der Waals surface area contributed by atoms with Crippen molar-refractivity contribution >= 4 is 17.0 Å². The summed E-state index contributed by atoms with van der Waals surface area (Å²) in [7, 11) is 1.27. The molecule has 6 heteroatoms. The number of rotatable bonds is 3. The predicted molar refractivity (Wildman–Crippen MR) is 84.2 cm³/mol. The fourth-order valence-corrected chi connectivity index (χ4v) is 2.52. The molecule has 0 spiro atoms. The Hall–Kier alpha value is -3.33. The van der Waals surface area contributed by atoms with Gasteiger partial charge in [0, 0.05) is 12.3 Å². The van der Waals surface area contributed by atoms with Crippen molar-refractivity contribution in [3.05, 3.63) is 69.6 Å². The maximum Gasteiger partial charge on any atom is 0.339 e. The third kappa shape index (κ3) is 2.60. The maximum absolute atomic E-state index is 12.1. The van der Waals surface area contributed by atoms with E-state index in [0.717, 1.165) is 16.6 Å². The number of aromatic nitrogens is 2. The van der Waals surface area contributed by atoms with Crippen LogP contribution < -0.4 is 5.56 Å². The van der Waals surface area contributed by atoms with Crippen molar-refractivity contribution in [2.24, 2.45) is 0 Å². The van der Waals surface area contributed by atoms with Crippen LogP contribution in [-0.4, -0.2) is 22.6 Å². The summed E-state index contributed by atoms with van der Waals surface area (Å²) in [6.07, 6.45) is 1.76. The van der Waals surface area contributed by atoms with Crippen LogP contribution in [0.1, 0.15) is 21.5 Å². The van der Waals surface area contributed by atoms with Crippen molar-refractivity contribution in [2.45, 2.75) is 6.54 Å². The van der Waals surface area contributed by atoms with E-state index in [1.165, 1.54) is 13.2 Å². The van der Waals surface area contributed by atoms with E-state index in [9.17, 15) is 9.59 Å². The van der Waals surface area contributed by atoms with Gasteiger partial charge in [-0.25, -0.2) is 4.79 Å². The molecule has 0 saturated carbocycles. The van der Waals surface area contributed by atoms with Crippen molar-refractivity contribution < 1.29 is 9.53 Å². The molecule has 0 aliphatic heterocycles. The van der Waals surface area contributed by atoms with E-state index in [4.69, 9.17) is 10.00 Å². The van der Waals surface area contributed by atoms with Gasteiger partial charge in [-0.3, -0.25) is 4.79 Å². The van der Waals surface area contributed by atoms with Gasteiger partial charge in [-0.1, -0.05) is 6.07 Å². The molecule has 23 heavy (non-hydrogen) atoms. The minimum absolute atomic E-state index is 0.138. The Labute approximate surface area is 131 Å². The van der Waals surface area contributed by atoms with Gasteiger partial charge in [0.2, 0.25) is 0 Å². The molecule has 3 rings (SSSR count). The largest absolute Gasteiger partial charge is 0.465 e. The topological polar surface area (TPSA) is 87.9 Å². The number of methoxy groups -OCH3 is 1. The zero-order valence-electron chi connectivity index (χ0n) is 12.4. The van der Waals surface area contributed by atoms with Gasteiger partial charge < -0.3 is 14.3 Å². The number of carbonyl (C=O) groups excluding carboxylic acids is 1. The van der Waals surface area contributed by atoms with Gasteiger partial charge >= 0.3 is 5.97 Å². The van der Waals surface area contributed by atoms with Crippen LogP contribution in [0.2, 0.25) is 0 Å². The van der Waals surface area contributed by atoms with Crippen LogP contribution in [0.4, 0.5) is 0 Å². The van der Waals surface area contributed by atoms with E-state index >= 15 is 0 Å². The van der Waals surface area contributed by atoms with Crippen LogP contribution in [0.3, 0.4) is 0 Å². The lowest BCUT2D eigenvalue weighted by Crippen LogP contribution is -2.19. The second kappa shape index (κ2) is 5.81. The third-order valence-electron chi connectivity index (χ3n) is 3.66. The first-order valence-corrected chi connectivity index (χ1v) is 6.92. The highest BCUT2D eigenvalue weighted by molar-refractivity contribution is 5.92. The second-order valence-electron chi connectivity index (χ2n) is 5.02. The number of aromatic amines is 1. The average molecular weight is 307 g/mol. The van der Waals surface area contributed by atoms with Gasteiger partial charge in [0.05, 0.1) is 35.8 Å². The molecule has 2 heterocycles. The van der Waals surface area contributed by atoms with Crippen LogP contribution in [0.15, 0.2) is 47.4 Å². The minimum atomic E-state index is -0.574. The Bertz CT molecular complexity index is 992. The molecule has 0 atom stereocenters. The lowest BCUT2D eigenvalue weighted by atomic mass is 10.0. The standard InChI is InChI=1S/C17H13N3O3/c1-23-17(22)13-8-11(2-3-12(13)9-18)10-20-15-6-7-19-14(15)4-5-16(20)21/h2-8,19H,10H2,1H3.